The van der Waals surface area contributed by atoms with Gasteiger partial charge in [0.05, 0.1) is 16.3 Å². The first-order valence-electron chi connectivity index (χ1n) is 10.4. The van der Waals surface area contributed by atoms with Gasteiger partial charge in [0.2, 0.25) is 0 Å². The van der Waals surface area contributed by atoms with Gasteiger partial charge in [-0.3, -0.25) is 4.99 Å². The van der Waals surface area contributed by atoms with Gasteiger partial charge in [-0.05, 0) is 75.6 Å². The minimum absolute atomic E-state index is 0.558. The second-order valence-electron chi connectivity index (χ2n) is 8.88. The van der Waals surface area contributed by atoms with E-state index in [2.05, 4.69) is 32.4 Å². The van der Waals surface area contributed by atoms with Crippen LogP contribution in [0.2, 0.25) is 0 Å². The summed E-state index contributed by atoms with van der Waals surface area (Å²) in [6.07, 6.45) is 10.1. The van der Waals surface area contributed by atoms with Crippen molar-refractivity contribution in [2.24, 2.45) is 10.9 Å². The predicted molar refractivity (Wildman–Crippen MR) is 118 cm³/mol. The summed E-state index contributed by atoms with van der Waals surface area (Å²) in [7, 11) is 0. The zero-order valence-electron chi connectivity index (χ0n) is 16.9. The molecule has 3 heterocycles. The zero-order chi connectivity index (χ0) is 20.0. The molecule has 1 atom stereocenters. The van der Waals surface area contributed by atoms with Crippen LogP contribution < -0.4 is 15.9 Å². The second kappa shape index (κ2) is 7.18. The topological polar surface area (TPSA) is 70.4 Å². The van der Waals surface area contributed by atoms with Crippen molar-refractivity contribution in [3.05, 3.63) is 45.5 Å². The van der Waals surface area contributed by atoms with Gasteiger partial charge >= 0.3 is 0 Å². The summed E-state index contributed by atoms with van der Waals surface area (Å²) in [5.74, 6) is 1.61. The molecule has 2 N–H and O–H groups in total. The molecule has 0 amide bonds. The Hall–Kier alpha value is -2.31. The molecule has 0 saturated carbocycles. The molecule has 6 heteroatoms. The van der Waals surface area contributed by atoms with Crippen LogP contribution in [0.5, 0.6) is 0 Å². The molecule has 2 aromatic heterocycles. The van der Waals surface area contributed by atoms with Crippen molar-refractivity contribution in [2.45, 2.75) is 58.0 Å². The maximum absolute atomic E-state index is 9.96. The van der Waals surface area contributed by atoms with Crippen molar-refractivity contribution < 1.29 is 5.11 Å². The number of rotatable bonds is 6. The van der Waals surface area contributed by atoms with Crippen LogP contribution in [-0.4, -0.2) is 20.7 Å². The monoisotopic (exact) mass is 406 g/mol. The van der Waals surface area contributed by atoms with Crippen LogP contribution in [0.25, 0.3) is 16.4 Å². The Morgan fingerprint density at radius 3 is 2.93 bits per heavy atom. The van der Waals surface area contributed by atoms with Crippen LogP contribution in [0.3, 0.4) is 0 Å². The van der Waals surface area contributed by atoms with E-state index in [1.54, 1.807) is 6.33 Å². The van der Waals surface area contributed by atoms with Crippen LogP contribution in [-0.2, 0) is 12.8 Å². The molecule has 0 saturated heterocycles. The molecule has 150 valence electrons. The average Bonchev–Trinajstić information content (AvgIpc) is 3.01. The summed E-state index contributed by atoms with van der Waals surface area (Å²) < 4.78 is 0. The summed E-state index contributed by atoms with van der Waals surface area (Å²) in [6.45, 7) is 3.80. The third-order valence-corrected chi connectivity index (χ3v) is 7.14. The van der Waals surface area contributed by atoms with Gasteiger partial charge in [0.15, 0.2) is 0 Å². The van der Waals surface area contributed by atoms with Gasteiger partial charge in [0.1, 0.15) is 17.0 Å². The van der Waals surface area contributed by atoms with Gasteiger partial charge in [-0.25, -0.2) is 9.97 Å². The van der Waals surface area contributed by atoms with Crippen molar-refractivity contribution in [3.63, 3.8) is 0 Å². The normalized spacial score (nSPS) is 17.7. The smallest absolute Gasteiger partial charge is 0.142 e. The standard InChI is InChI=1S/C23H26N4OS/c1-23(2,28)9-3-4-14-5-7-17-19(10-14)29-22-20(17)21(25-13-26-22)27-16-6-8-18-15(11-16)12-24-18/h6,8,11-14,28H,3-5,7,9-10H2,1-2H3,(H,25,26,27). The lowest BCUT2D eigenvalue weighted by Gasteiger charge is -2.24. The molecule has 0 spiro atoms. The molecule has 3 aromatic rings. The number of benzene rings is 1. The number of nitrogens with one attached hydrogen (secondary N) is 1. The first-order valence-corrected chi connectivity index (χ1v) is 11.2. The van der Waals surface area contributed by atoms with E-state index in [4.69, 9.17) is 0 Å². The number of nitrogens with zero attached hydrogens (tertiary/aromatic N) is 3. The van der Waals surface area contributed by atoms with E-state index in [1.165, 1.54) is 33.9 Å². The highest BCUT2D eigenvalue weighted by Crippen LogP contribution is 2.41. The van der Waals surface area contributed by atoms with E-state index >= 15 is 0 Å². The molecule has 29 heavy (non-hydrogen) atoms. The van der Waals surface area contributed by atoms with Gasteiger partial charge in [-0.15, -0.1) is 11.3 Å². The molecule has 2 aliphatic rings. The highest BCUT2D eigenvalue weighted by atomic mass is 32.1. The van der Waals surface area contributed by atoms with Crippen LogP contribution in [0.15, 0.2) is 29.5 Å². The summed E-state index contributed by atoms with van der Waals surface area (Å²) in [5.41, 5.74) is 1.91. The number of aryl methyl sites for hydroxylation is 1. The Morgan fingerprint density at radius 2 is 2.17 bits per heavy atom. The van der Waals surface area contributed by atoms with Gasteiger partial charge in [-0.2, -0.15) is 0 Å². The summed E-state index contributed by atoms with van der Waals surface area (Å²) >= 11 is 1.82. The van der Waals surface area contributed by atoms with E-state index in [-0.39, 0.29) is 0 Å². The Morgan fingerprint density at radius 1 is 1.28 bits per heavy atom. The fourth-order valence-corrected chi connectivity index (χ4v) is 5.71. The zero-order valence-corrected chi connectivity index (χ0v) is 17.7. The number of fused-ring (bicyclic) bond motifs is 4. The molecule has 1 unspecified atom stereocenters. The minimum Gasteiger partial charge on any atom is -0.390 e. The molecular weight excluding hydrogens is 380 g/mol. The first kappa shape index (κ1) is 18.7. The first-order chi connectivity index (χ1) is 14.0. The Bertz CT molecular complexity index is 1190. The quantitative estimate of drug-likeness (QED) is 0.652. The average molecular weight is 407 g/mol. The van der Waals surface area contributed by atoms with Crippen LogP contribution in [0, 0.1) is 5.92 Å². The highest BCUT2D eigenvalue weighted by Gasteiger charge is 2.25. The number of hydrogen-bond donors (Lipinski definition) is 2. The van der Waals surface area contributed by atoms with Gasteiger partial charge in [0.25, 0.3) is 0 Å². The van der Waals surface area contributed by atoms with Gasteiger partial charge < -0.3 is 10.4 Å². The maximum Gasteiger partial charge on any atom is 0.142 e. The summed E-state index contributed by atoms with van der Waals surface area (Å²) in [4.78, 5) is 15.9. The van der Waals surface area contributed by atoms with E-state index in [9.17, 15) is 5.11 Å². The fourth-order valence-electron chi connectivity index (χ4n) is 4.41. The Kier molecular flexibility index (Phi) is 4.63. The van der Waals surface area contributed by atoms with E-state index in [0.29, 0.717) is 5.92 Å². The minimum atomic E-state index is -0.558. The number of thiophene rings is 1. The number of aliphatic hydroxyl groups is 1. The molecule has 0 radical (unpaired) electrons. The highest BCUT2D eigenvalue weighted by molar-refractivity contribution is 7.19. The molecule has 0 bridgehead atoms. The molecular formula is C23H26N4OS. The molecule has 5 nitrogen and oxygen atoms in total. The van der Waals surface area contributed by atoms with E-state index in [0.717, 1.165) is 47.4 Å². The molecule has 1 aliphatic carbocycles. The number of aromatic nitrogens is 2. The predicted octanol–water partition coefficient (Wildman–Crippen LogP) is 3.85. The van der Waals surface area contributed by atoms with Crippen molar-refractivity contribution in [2.75, 3.05) is 5.32 Å². The third kappa shape index (κ3) is 3.79. The summed E-state index contributed by atoms with van der Waals surface area (Å²) in [6, 6.07) is 6.21. The lowest BCUT2D eigenvalue weighted by Crippen LogP contribution is -2.30. The molecule has 1 aromatic carbocycles. The Balaban J connectivity index is 1.38. The Labute approximate surface area is 174 Å². The fraction of sp³-hybridized carbons (Fsp3) is 0.435. The van der Waals surface area contributed by atoms with Crippen LogP contribution in [0.1, 0.15) is 50.0 Å². The number of hydrogen-bond acceptors (Lipinski definition) is 6. The molecule has 5 rings (SSSR count). The summed E-state index contributed by atoms with van der Waals surface area (Å²) in [5, 5.41) is 16.9. The van der Waals surface area contributed by atoms with Crippen molar-refractivity contribution in [1.29, 1.82) is 0 Å². The largest absolute Gasteiger partial charge is 0.390 e. The van der Waals surface area contributed by atoms with Crippen molar-refractivity contribution in [3.8, 4) is 0 Å². The molecule has 1 aliphatic heterocycles. The van der Waals surface area contributed by atoms with Crippen LogP contribution in [0.4, 0.5) is 11.5 Å². The van der Waals surface area contributed by atoms with E-state index in [1.807, 2.05) is 37.5 Å². The maximum atomic E-state index is 9.96. The number of anilines is 2. The third-order valence-electron chi connectivity index (χ3n) is 5.98. The molecule has 0 fully saturated rings. The SMILES string of the molecule is CC(C)(O)CCCC1CCc2c(sc3ncnc(Nc4ccc5c(c4)=CN=5)c23)C1. The van der Waals surface area contributed by atoms with Crippen molar-refractivity contribution >= 4 is 39.3 Å². The van der Waals surface area contributed by atoms with Crippen LogP contribution >= 0.6 is 11.3 Å². The van der Waals surface area contributed by atoms with Gasteiger partial charge in [-0.1, -0.05) is 6.42 Å². The lowest BCUT2D eigenvalue weighted by atomic mass is 9.84. The second-order valence-corrected chi connectivity index (χ2v) is 9.96. The lowest BCUT2D eigenvalue weighted by molar-refractivity contribution is 0.0666. The van der Waals surface area contributed by atoms with E-state index < -0.39 is 5.60 Å². The van der Waals surface area contributed by atoms with Crippen molar-refractivity contribution in [1.82, 2.24) is 9.97 Å². The van der Waals surface area contributed by atoms with Gasteiger partial charge in [0, 0.05) is 22.0 Å².